The molecule has 1 amide bonds. The van der Waals surface area contributed by atoms with E-state index in [0.29, 0.717) is 12.6 Å². The lowest BCUT2D eigenvalue weighted by Crippen LogP contribution is -2.31. The van der Waals surface area contributed by atoms with Gasteiger partial charge in [-0.1, -0.05) is 0 Å². The molecule has 0 bridgehead atoms. The molecule has 0 atom stereocenters. The summed E-state index contributed by atoms with van der Waals surface area (Å²) in [5.41, 5.74) is 2.73. The molecule has 0 fully saturated rings. The number of hydrogen-bond acceptors (Lipinski definition) is 3. The summed E-state index contributed by atoms with van der Waals surface area (Å²) in [5.74, 6) is -1.88. The number of rotatable bonds is 3. The second-order valence-corrected chi connectivity index (χ2v) is 7.80. The lowest BCUT2D eigenvalue weighted by molar-refractivity contribution is -0.117. The molecule has 8 heteroatoms. The zero-order chi connectivity index (χ0) is 17.8. The van der Waals surface area contributed by atoms with Crippen molar-refractivity contribution in [2.75, 3.05) is 16.2 Å². The molecule has 0 aromatic heterocycles. The number of carbonyl (C=O) groups is 1. The fourth-order valence-electron chi connectivity index (χ4n) is 3.43. The Balaban J connectivity index is 1.74. The normalized spacial score (nSPS) is 16.1. The third-order valence-corrected chi connectivity index (χ3v) is 5.84. The Morgan fingerprint density at radius 3 is 2.64 bits per heavy atom. The van der Waals surface area contributed by atoms with Crippen molar-refractivity contribution in [1.82, 2.24) is 0 Å². The molecule has 2 aliphatic heterocycles. The van der Waals surface area contributed by atoms with Crippen molar-refractivity contribution < 1.29 is 22.0 Å². The van der Waals surface area contributed by atoms with Crippen LogP contribution in [-0.4, -0.2) is 20.9 Å². The van der Waals surface area contributed by atoms with Crippen molar-refractivity contribution in [3.63, 3.8) is 0 Å². The van der Waals surface area contributed by atoms with Gasteiger partial charge in [0.1, 0.15) is 16.5 Å². The van der Waals surface area contributed by atoms with Crippen LogP contribution in [0.15, 0.2) is 35.2 Å². The van der Waals surface area contributed by atoms with Crippen LogP contribution in [0, 0.1) is 11.6 Å². The summed E-state index contributed by atoms with van der Waals surface area (Å²) in [5, 5.41) is 0. The first-order valence-electron chi connectivity index (χ1n) is 7.79. The molecule has 2 aromatic carbocycles. The number of nitrogens with one attached hydrogen (secondary N) is 1. The Hall–Kier alpha value is -2.48. The Bertz CT molecular complexity index is 1010. The Morgan fingerprint density at radius 2 is 1.84 bits per heavy atom. The van der Waals surface area contributed by atoms with Crippen molar-refractivity contribution in [1.29, 1.82) is 0 Å². The molecule has 0 saturated carbocycles. The first-order chi connectivity index (χ1) is 11.8. The topological polar surface area (TPSA) is 66.5 Å². The van der Waals surface area contributed by atoms with E-state index in [2.05, 4.69) is 4.72 Å². The van der Waals surface area contributed by atoms with Crippen molar-refractivity contribution >= 4 is 27.3 Å². The maximum atomic E-state index is 13.8. The van der Waals surface area contributed by atoms with Gasteiger partial charge in [0.2, 0.25) is 5.91 Å². The molecule has 2 aromatic rings. The van der Waals surface area contributed by atoms with E-state index < -0.39 is 26.6 Å². The maximum Gasteiger partial charge on any atom is 0.264 e. The van der Waals surface area contributed by atoms with Crippen LogP contribution in [0.25, 0.3) is 0 Å². The highest BCUT2D eigenvalue weighted by Crippen LogP contribution is 2.39. The number of benzene rings is 2. The molecule has 0 spiro atoms. The number of anilines is 2. The second-order valence-electron chi connectivity index (χ2n) is 6.15. The molecule has 130 valence electrons. The standard InChI is InChI=1S/C17H14F2N2O3S/c18-12-3-4-14(19)15(9-12)25(23,24)20-13-6-10-2-1-5-21-16(22)8-11(7-13)17(10)21/h3-4,6-7,9,20H,1-2,5,8H2. The quantitative estimate of drug-likeness (QED) is 0.910. The largest absolute Gasteiger partial charge is 0.312 e. The minimum absolute atomic E-state index is 0.00729. The molecule has 5 nitrogen and oxygen atoms in total. The number of hydrogen-bond donors (Lipinski definition) is 1. The fraction of sp³-hybridized carbons (Fsp3) is 0.235. The average Bonchev–Trinajstić information content (AvgIpc) is 2.87. The molecule has 2 aliphatic rings. The van der Waals surface area contributed by atoms with Gasteiger partial charge in [0, 0.05) is 12.2 Å². The van der Waals surface area contributed by atoms with Crippen LogP contribution in [0.4, 0.5) is 20.2 Å². The SMILES string of the molecule is O=C1Cc2cc(NS(=O)(=O)c3cc(F)ccc3F)cc3c2N1CCC3. The maximum absolute atomic E-state index is 13.8. The Labute approximate surface area is 143 Å². The van der Waals surface area contributed by atoms with Gasteiger partial charge < -0.3 is 4.90 Å². The first-order valence-corrected chi connectivity index (χ1v) is 9.27. The predicted octanol–water partition coefficient (Wildman–Crippen LogP) is 2.60. The van der Waals surface area contributed by atoms with Crippen LogP contribution in [0.3, 0.4) is 0 Å². The van der Waals surface area contributed by atoms with Crippen LogP contribution in [-0.2, 0) is 27.7 Å². The number of nitrogens with zero attached hydrogens (tertiary/aromatic N) is 1. The van der Waals surface area contributed by atoms with Gasteiger partial charge >= 0.3 is 0 Å². The van der Waals surface area contributed by atoms with Crippen molar-refractivity contribution in [3.8, 4) is 0 Å². The molecule has 0 unspecified atom stereocenters. The summed E-state index contributed by atoms with van der Waals surface area (Å²) in [7, 11) is -4.28. The van der Waals surface area contributed by atoms with E-state index in [1.807, 2.05) is 0 Å². The van der Waals surface area contributed by atoms with Gasteiger partial charge in [0.15, 0.2) is 0 Å². The summed E-state index contributed by atoms with van der Waals surface area (Å²) >= 11 is 0. The van der Waals surface area contributed by atoms with Gasteiger partial charge in [-0.2, -0.15) is 0 Å². The zero-order valence-corrected chi connectivity index (χ0v) is 13.9. The van der Waals surface area contributed by atoms with Crippen LogP contribution in [0.5, 0.6) is 0 Å². The first kappa shape index (κ1) is 16.0. The monoisotopic (exact) mass is 364 g/mol. The lowest BCUT2D eigenvalue weighted by atomic mass is 9.99. The highest BCUT2D eigenvalue weighted by Gasteiger charge is 2.33. The number of halogens is 2. The average molecular weight is 364 g/mol. The van der Waals surface area contributed by atoms with Crippen LogP contribution in [0.2, 0.25) is 0 Å². The van der Waals surface area contributed by atoms with E-state index in [1.54, 1.807) is 17.0 Å². The minimum Gasteiger partial charge on any atom is -0.312 e. The third kappa shape index (κ3) is 2.66. The summed E-state index contributed by atoms with van der Waals surface area (Å²) in [6.07, 6.45) is 1.75. The molecule has 0 saturated heterocycles. The van der Waals surface area contributed by atoms with Gasteiger partial charge in [-0.25, -0.2) is 17.2 Å². The summed E-state index contributed by atoms with van der Waals surface area (Å²) < 4.78 is 54.3. The molecule has 0 radical (unpaired) electrons. The number of sulfonamides is 1. The van der Waals surface area contributed by atoms with Gasteiger partial charge in [-0.3, -0.25) is 9.52 Å². The summed E-state index contributed by atoms with van der Waals surface area (Å²) in [4.78, 5) is 13.0. The van der Waals surface area contributed by atoms with Gasteiger partial charge in [-0.05, 0) is 54.3 Å². The van der Waals surface area contributed by atoms with Gasteiger partial charge in [0.25, 0.3) is 10.0 Å². The fourth-order valence-corrected chi connectivity index (χ4v) is 4.56. The van der Waals surface area contributed by atoms with E-state index in [9.17, 15) is 22.0 Å². The summed E-state index contributed by atoms with van der Waals surface area (Å²) in [6, 6.07) is 5.50. The second kappa shape index (κ2) is 5.52. The molecule has 25 heavy (non-hydrogen) atoms. The highest BCUT2D eigenvalue weighted by atomic mass is 32.2. The summed E-state index contributed by atoms with van der Waals surface area (Å²) in [6.45, 7) is 0.665. The number of amides is 1. The number of aryl methyl sites for hydroxylation is 1. The molecule has 0 aliphatic carbocycles. The van der Waals surface area contributed by atoms with Gasteiger partial charge in [-0.15, -0.1) is 0 Å². The molecule has 2 heterocycles. The van der Waals surface area contributed by atoms with Crippen LogP contribution in [0.1, 0.15) is 17.5 Å². The molecular weight excluding hydrogens is 350 g/mol. The van der Waals surface area contributed by atoms with Crippen molar-refractivity contribution in [2.24, 2.45) is 0 Å². The van der Waals surface area contributed by atoms with Crippen LogP contribution >= 0.6 is 0 Å². The Morgan fingerprint density at radius 1 is 1.08 bits per heavy atom. The molecule has 1 N–H and O–H groups in total. The lowest BCUT2D eigenvalue weighted by Gasteiger charge is -2.26. The van der Waals surface area contributed by atoms with E-state index >= 15 is 0 Å². The van der Waals surface area contributed by atoms with E-state index in [0.717, 1.165) is 41.8 Å². The van der Waals surface area contributed by atoms with E-state index in [4.69, 9.17) is 0 Å². The smallest absolute Gasteiger partial charge is 0.264 e. The van der Waals surface area contributed by atoms with E-state index in [-0.39, 0.29) is 18.0 Å². The molecule has 4 rings (SSSR count). The predicted molar refractivity (Wildman–Crippen MR) is 88.0 cm³/mol. The zero-order valence-electron chi connectivity index (χ0n) is 13.1. The van der Waals surface area contributed by atoms with Crippen LogP contribution < -0.4 is 9.62 Å². The van der Waals surface area contributed by atoms with E-state index in [1.165, 1.54) is 0 Å². The van der Waals surface area contributed by atoms with Crippen molar-refractivity contribution in [2.45, 2.75) is 24.2 Å². The number of carbonyl (C=O) groups excluding carboxylic acids is 1. The van der Waals surface area contributed by atoms with Crippen molar-refractivity contribution in [3.05, 3.63) is 53.1 Å². The van der Waals surface area contributed by atoms with Gasteiger partial charge in [0.05, 0.1) is 12.1 Å². The third-order valence-electron chi connectivity index (χ3n) is 4.44. The Kier molecular flexibility index (Phi) is 3.54. The highest BCUT2D eigenvalue weighted by molar-refractivity contribution is 7.92. The molecular formula is C17H14F2N2O3S. The minimum atomic E-state index is -4.28.